The van der Waals surface area contributed by atoms with Gasteiger partial charge in [-0.25, -0.2) is 0 Å². The maximum Gasteiger partial charge on any atom is 0.277 e. The van der Waals surface area contributed by atoms with Gasteiger partial charge in [0.25, 0.3) is 5.22 Å². The molecule has 6 heteroatoms. The zero-order valence-electron chi connectivity index (χ0n) is 17.9. The Bertz CT molecular complexity index is 925. The number of rotatable bonds is 10. The lowest BCUT2D eigenvalue weighted by Gasteiger charge is -2.22. The zero-order chi connectivity index (χ0) is 21.3. The van der Waals surface area contributed by atoms with Crippen LogP contribution in [0.25, 0.3) is 0 Å². The molecular formula is C24H29N3O2S. The molecule has 1 heterocycles. The number of aromatic nitrogens is 2. The van der Waals surface area contributed by atoms with Crippen molar-refractivity contribution in [2.75, 3.05) is 12.3 Å². The van der Waals surface area contributed by atoms with Gasteiger partial charge in [-0.3, -0.25) is 4.79 Å². The second-order valence-corrected chi connectivity index (χ2v) is 8.49. The van der Waals surface area contributed by atoms with Gasteiger partial charge in [-0.15, -0.1) is 10.2 Å². The van der Waals surface area contributed by atoms with E-state index in [9.17, 15) is 4.79 Å². The van der Waals surface area contributed by atoms with Gasteiger partial charge >= 0.3 is 0 Å². The lowest BCUT2D eigenvalue weighted by Crippen LogP contribution is -2.32. The van der Waals surface area contributed by atoms with E-state index in [-0.39, 0.29) is 5.91 Å². The van der Waals surface area contributed by atoms with E-state index in [1.807, 2.05) is 23.1 Å². The number of hydrogen-bond acceptors (Lipinski definition) is 5. The van der Waals surface area contributed by atoms with Crippen molar-refractivity contribution in [1.82, 2.24) is 15.1 Å². The van der Waals surface area contributed by atoms with Gasteiger partial charge in [0.1, 0.15) is 0 Å². The molecule has 1 aromatic heterocycles. The first kappa shape index (κ1) is 22.1. The third-order valence-electron chi connectivity index (χ3n) is 4.96. The van der Waals surface area contributed by atoms with Gasteiger partial charge in [0.05, 0.1) is 5.75 Å². The predicted octanol–water partition coefficient (Wildman–Crippen LogP) is 5.26. The summed E-state index contributed by atoms with van der Waals surface area (Å²) in [5.74, 6) is 1.27. The van der Waals surface area contributed by atoms with Crippen LogP contribution in [0, 0.1) is 6.92 Å². The van der Waals surface area contributed by atoms with Crippen LogP contribution in [0.15, 0.2) is 64.2 Å². The number of carbonyl (C=O) groups excluding carboxylic acids is 1. The fraction of sp³-hybridized carbons (Fsp3) is 0.375. The Hall–Kier alpha value is -2.60. The molecule has 158 valence electrons. The van der Waals surface area contributed by atoms with Crippen molar-refractivity contribution >= 4 is 17.7 Å². The van der Waals surface area contributed by atoms with Crippen molar-refractivity contribution in [2.24, 2.45) is 0 Å². The Labute approximate surface area is 182 Å². The topological polar surface area (TPSA) is 59.2 Å². The number of carbonyl (C=O) groups is 1. The fourth-order valence-electron chi connectivity index (χ4n) is 3.23. The highest BCUT2D eigenvalue weighted by Gasteiger charge is 2.17. The van der Waals surface area contributed by atoms with Gasteiger partial charge < -0.3 is 9.32 Å². The molecule has 0 saturated heterocycles. The molecule has 0 bridgehead atoms. The molecule has 0 fully saturated rings. The largest absolute Gasteiger partial charge is 0.416 e. The van der Waals surface area contributed by atoms with Crippen LogP contribution < -0.4 is 0 Å². The molecule has 0 aliphatic heterocycles. The maximum atomic E-state index is 12.8. The summed E-state index contributed by atoms with van der Waals surface area (Å²) in [7, 11) is 0. The van der Waals surface area contributed by atoms with Crippen LogP contribution >= 0.6 is 11.8 Å². The van der Waals surface area contributed by atoms with Crippen LogP contribution in [0.2, 0.25) is 0 Å². The average Bonchev–Trinajstić information content (AvgIpc) is 3.21. The van der Waals surface area contributed by atoms with E-state index >= 15 is 0 Å². The molecule has 0 N–H and O–H groups in total. The Kier molecular flexibility index (Phi) is 8.08. The Morgan fingerprint density at radius 1 is 1.10 bits per heavy atom. The van der Waals surface area contributed by atoms with E-state index in [1.165, 1.54) is 22.9 Å². The third-order valence-corrected chi connectivity index (χ3v) is 5.76. The molecule has 0 spiro atoms. The summed E-state index contributed by atoms with van der Waals surface area (Å²) in [6.07, 6.45) is 1.60. The lowest BCUT2D eigenvalue weighted by atomic mass is 9.98. The molecule has 30 heavy (non-hydrogen) atoms. The van der Waals surface area contributed by atoms with Crippen molar-refractivity contribution in [3.63, 3.8) is 0 Å². The first-order valence-corrected chi connectivity index (χ1v) is 11.4. The van der Waals surface area contributed by atoms with Gasteiger partial charge in [0, 0.05) is 19.5 Å². The van der Waals surface area contributed by atoms with E-state index < -0.39 is 0 Å². The highest BCUT2D eigenvalue weighted by Crippen LogP contribution is 2.23. The molecule has 0 saturated carbocycles. The molecule has 1 atom stereocenters. The van der Waals surface area contributed by atoms with E-state index in [1.54, 1.807) is 0 Å². The summed E-state index contributed by atoms with van der Waals surface area (Å²) >= 11 is 1.31. The highest BCUT2D eigenvalue weighted by molar-refractivity contribution is 7.99. The Morgan fingerprint density at radius 2 is 1.83 bits per heavy atom. The average molecular weight is 424 g/mol. The molecule has 0 radical (unpaired) electrons. The van der Waals surface area contributed by atoms with E-state index in [0.29, 0.717) is 35.7 Å². The minimum Gasteiger partial charge on any atom is -0.416 e. The molecule has 1 unspecified atom stereocenters. The Morgan fingerprint density at radius 3 is 2.53 bits per heavy atom. The molecule has 0 aliphatic rings. The van der Waals surface area contributed by atoms with Gasteiger partial charge in [-0.1, -0.05) is 85.8 Å². The van der Waals surface area contributed by atoms with Crippen molar-refractivity contribution in [2.45, 2.75) is 51.3 Å². The van der Waals surface area contributed by atoms with Crippen LogP contribution in [-0.2, 0) is 17.8 Å². The van der Waals surface area contributed by atoms with Gasteiger partial charge in [-0.2, -0.15) is 0 Å². The summed E-state index contributed by atoms with van der Waals surface area (Å²) in [6.45, 7) is 7.65. The number of aryl methyl sites for hydroxylation is 1. The molecule has 5 nitrogen and oxygen atoms in total. The standard InChI is InChI=1S/C24H29N3O2S/c1-4-14-27(16-20-12-10-18(2)11-13-20)23(28)17-30-24-26-25-22(29-24)15-19(3)21-8-6-5-7-9-21/h5-13,19H,4,14-17H2,1-3H3. The van der Waals surface area contributed by atoms with Crippen LogP contribution in [-0.4, -0.2) is 33.3 Å². The fourth-order valence-corrected chi connectivity index (χ4v) is 3.91. The SMILES string of the molecule is CCCN(Cc1ccc(C)cc1)C(=O)CSc1nnc(CC(C)c2ccccc2)o1. The molecular weight excluding hydrogens is 394 g/mol. The lowest BCUT2D eigenvalue weighted by molar-refractivity contribution is -0.129. The van der Waals surface area contributed by atoms with Crippen molar-refractivity contribution in [1.29, 1.82) is 0 Å². The number of thioether (sulfide) groups is 1. The number of amides is 1. The smallest absolute Gasteiger partial charge is 0.277 e. The second kappa shape index (κ2) is 11.0. The van der Waals surface area contributed by atoms with Crippen LogP contribution in [0.5, 0.6) is 0 Å². The quantitative estimate of drug-likeness (QED) is 0.417. The summed E-state index contributed by atoms with van der Waals surface area (Å²) in [6, 6.07) is 18.6. The highest BCUT2D eigenvalue weighted by atomic mass is 32.2. The summed E-state index contributed by atoms with van der Waals surface area (Å²) in [5, 5.41) is 8.71. The first-order chi connectivity index (χ1) is 14.5. The van der Waals surface area contributed by atoms with Gasteiger partial charge in [-0.05, 0) is 30.4 Å². The van der Waals surface area contributed by atoms with Gasteiger partial charge in [0.15, 0.2) is 0 Å². The van der Waals surface area contributed by atoms with Crippen molar-refractivity contribution in [3.8, 4) is 0 Å². The van der Waals surface area contributed by atoms with E-state index in [0.717, 1.165) is 18.5 Å². The number of hydrogen-bond donors (Lipinski definition) is 0. The van der Waals surface area contributed by atoms with E-state index in [2.05, 4.69) is 67.4 Å². The zero-order valence-corrected chi connectivity index (χ0v) is 18.7. The number of nitrogens with zero attached hydrogens (tertiary/aromatic N) is 3. The summed E-state index contributed by atoms with van der Waals surface area (Å²) < 4.78 is 5.77. The van der Waals surface area contributed by atoms with Crippen LogP contribution in [0.1, 0.15) is 48.8 Å². The van der Waals surface area contributed by atoms with Crippen LogP contribution in [0.3, 0.4) is 0 Å². The van der Waals surface area contributed by atoms with Crippen molar-refractivity contribution < 1.29 is 9.21 Å². The van der Waals surface area contributed by atoms with E-state index in [4.69, 9.17) is 4.42 Å². The van der Waals surface area contributed by atoms with Gasteiger partial charge in [0.2, 0.25) is 11.8 Å². The number of benzene rings is 2. The summed E-state index contributed by atoms with van der Waals surface area (Å²) in [4.78, 5) is 14.7. The van der Waals surface area contributed by atoms with Crippen LogP contribution in [0.4, 0.5) is 0 Å². The minimum atomic E-state index is 0.0832. The maximum absolute atomic E-state index is 12.8. The normalized spacial score (nSPS) is 12.0. The third kappa shape index (κ3) is 6.46. The molecule has 0 aliphatic carbocycles. The molecule has 3 rings (SSSR count). The molecule has 3 aromatic rings. The second-order valence-electron chi connectivity index (χ2n) is 7.57. The Balaban J connectivity index is 1.53. The molecule has 2 aromatic carbocycles. The first-order valence-electron chi connectivity index (χ1n) is 10.4. The molecule has 1 amide bonds. The monoisotopic (exact) mass is 423 g/mol. The minimum absolute atomic E-state index is 0.0832. The predicted molar refractivity (Wildman–Crippen MR) is 120 cm³/mol. The van der Waals surface area contributed by atoms with Crippen molar-refractivity contribution in [3.05, 3.63) is 77.2 Å². The summed E-state index contributed by atoms with van der Waals surface area (Å²) in [5.41, 5.74) is 3.60.